The maximum Gasteiger partial charge on any atom is 0.0716 e. The molecule has 0 unspecified atom stereocenters. The number of hydrogen-bond acceptors (Lipinski definition) is 1. The fraction of sp³-hybridized carbons (Fsp3) is 0.100. The number of rotatable bonds is 0. The van der Waals surface area contributed by atoms with E-state index in [1.54, 1.807) is 0 Å². The Labute approximate surface area is 98.8 Å². The Morgan fingerprint density at radius 2 is 2.00 bits per heavy atom. The van der Waals surface area contributed by atoms with Crippen molar-refractivity contribution in [2.45, 2.75) is 6.92 Å². The molecule has 0 aliphatic rings. The minimum atomic E-state index is 1.06. The second-order valence-corrected chi connectivity index (χ2v) is 4.81. The highest BCUT2D eigenvalue weighted by atomic mass is 127. The van der Waals surface area contributed by atoms with Gasteiger partial charge in [-0.25, -0.2) is 0 Å². The number of benzene rings is 1. The lowest BCUT2D eigenvalue weighted by atomic mass is 10.2. The third kappa shape index (κ3) is 1.72. The first kappa shape index (κ1) is 9.40. The van der Waals surface area contributed by atoms with Gasteiger partial charge in [-0.3, -0.25) is 4.98 Å². The molecule has 2 aromatic rings. The lowest BCUT2D eigenvalue weighted by Gasteiger charge is -2.02. The lowest BCUT2D eigenvalue weighted by Crippen LogP contribution is -1.85. The molecule has 0 bridgehead atoms. The predicted octanol–water partition coefficient (Wildman–Crippen LogP) is 3.91. The predicted molar refractivity (Wildman–Crippen MR) is 66.9 cm³/mol. The first-order valence-corrected chi connectivity index (χ1v) is 5.77. The van der Waals surface area contributed by atoms with Crippen LogP contribution >= 0.6 is 38.5 Å². The van der Waals surface area contributed by atoms with Crippen molar-refractivity contribution in [1.29, 1.82) is 0 Å². The van der Waals surface area contributed by atoms with Crippen molar-refractivity contribution in [2.24, 2.45) is 0 Å². The van der Waals surface area contributed by atoms with Gasteiger partial charge in [-0.15, -0.1) is 0 Å². The summed E-state index contributed by atoms with van der Waals surface area (Å²) in [5, 5.41) is 1.21. The van der Waals surface area contributed by atoms with Crippen LogP contribution in [0.2, 0.25) is 0 Å². The summed E-state index contributed by atoms with van der Waals surface area (Å²) in [6.45, 7) is 2.01. The molecule has 1 nitrogen and oxygen atoms in total. The Kier molecular flexibility index (Phi) is 2.55. The minimum absolute atomic E-state index is 1.06. The van der Waals surface area contributed by atoms with Gasteiger partial charge in [0, 0.05) is 19.1 Å². The van der Waals surface area contributed by atoms with Crippen LogP contribution in [0.4, 0.5) is 0 Å². The highest BCUT2D eigenvalue weighted by Gasteiger charge is 2.02. The topological polar surface area (TPSA) is 12.9 Å². The van der Waals surface area contributed by atoms with E-state index in [9.17, 15) is 0 Å². The van der Waals surface area contributed by atoms with E-state index in [4.69, 9.17) is 0 Å². The van der Waals surface area contributed by atoms with Crippen LogP contribution < -0.4 is 0 Å². The van der Waals surface area contributed by atoms with Gasteiger partial charge in [0.15, 0.2) is 0 Å². The van der Waals surface area contributed by atoms with Crippen LogP contribution in [0, 0.1) is 10.5 Å². The van der Waals surface area contributed by atoms with Crippen molar-refractivity contribution in [2.75, 3.05) is 0 Å². The van der Waals surface area contributed by atoms with Gasteiger partial charge in [0.1, 0.15) is 0 Å². The second-order valence-electron chi connectivity index (χ2n) is 2.88. The monoisotopic (exact) mass is 347 g/mol. The fourth-order valence-electron chi connectivity index (χ4n) is 1.24. The summed E-state index contributed by atoms with van der Waals surface area (Å²) >= 11 is 5.83. The first-order valence-electron chi connectivity index (χ1n) is 3.90. The third-order valence-electron chi connectivity index (χ3n) is 1.90. The standard InChI is InChI=1S/C10H7BrIN/c1-6-2-3-7-9(13-6)5-4-8(11)10(7)12/h2-5H,1H3. The number of hydrogen-bond donors (Lipinski definition) is 0. The molecular weight excluding hydrogens is 341 g/mol. The molecule has 1 heterocycles. The lowest BCUT2D eigenvalue weighted by molar-refractivity contribution is 1.25. The van der Waals surface area contributed by atoms with Crippen molar-refractivity contribution in [3.63, 3.8) is 0 Å². The maximum atomic E-state index is 4.45. The number of halogens is 2. The van der Waals surface area contributed by atoms with E-state index in [1.807, 2.05) is 25.1 Å². The van der Waals surface area contributed by atoms with Gasteiger partial charge < -0.3 is 0 Å². The largest absolute Gasteiger partial charge is 0.253 e. The summed E-state index contributed by atoms with van der Waals surface area (Å²) < 4.78 is 2.36. The minimum Gasteiger partial charge on any atom is -0.253 e. The van der Waals surface area contributed by atoms with Crippen molar-refractivity contribution in [3.8, 4) is 0 Å². The molecule has 0 radical (unpaired) electrons. The van der Waals surface area contributed by atoms with E-state index in [0.717, 1.165) is 15.7 Å². The van der Waals surface area contributed by atoms with Gasteiger partial charge in [0.05, 0.1) is 5.52 Å². The Hall–Kier alpha value is -0.160. The van der Waals surface area contributed by atoms with Crippen molar-refractivity contribution >= 4 is 49.4 Å². The molecule has 0 spiro atoms. The summed E-state index contributed by atoms with van der Waals surface area (Å²) in [6, 6.07) is 8.23. The molecule has 13 heavy (non-hydrogen) atoms. The maximum absolute atomic E-state index is 4.45. The molecule has 0 fully saturated rings. The van der Waals surface area contributed by atoms with Crippen molar-refractivity contribution < 1.29 is 0 Å². The number of pyridine rings is 1. The molecule has 2 rings (SSSR count). The molecule has 66 valence electrons. The molecule has 0 saturated heterocycles. The average molecular weight is 348 g/mol. The van der Waals surface area contributed by atoms with E-state index in [0.29, 0.717) is 0 Å². The van der Waals surface area contributed by atoms with E-state index in [1.165, 1.54) is 8.96 Å². The summed E-state index contributed by atoms with van der Waals surface area (Å²) in [4.78, 5) is 4.45. The van der Waals surface area contributed by atoms with Crippen LogP contribution in [-0.4, -0.2) is 4.98 Å². The molecule has 0 atom stereocenters. The molecule has 0 N–H and O–H groups in total. The van der Waals surface area contributed by atoms with Crippen LogP contribution in [0.25, 0.3) is 10.9 Å². The molecule has 1 aromatic heterocycles. The van der Waals surface area contributed by atoms with Gasteiger partial charge in [-0.1, -0.05) is 0 Å². The number of nitrogens with zero attached hydrogens (tertiary/aromatic N) is 1. The molecule has 3 heteroatoms. The number of fused-ring (bicyclic) bond motifs is 1. The molecule has 0 aliphatic carbocycles. The summed E-state index contributed by atoms with van der Waals surface area (Å²) in [5.41, 5.74) is 2.12. The van der Waals surface area contributed by atoms with E-state index in [2.05, 4.69) is 49.6 Å². The number of aryl methyl sites for hydroxylation is 1. The third-order valence-corrected chi connectivity index (χ3v) is 4.46. The smallest absolute Gasteiger partial charge is 0.0716 e. The van der Waals surface area contributed by atoms with Crippen LogP contribution in [0.1, 0.15) is 5.69 Å². The Morgan fingerprint density at radius 1 is 1.23 bits per heavy atom. The summed E-state index contributed by atoms with van der Waals surface area (Å²) in [5.74, 6) is 0. The van der Waals surface area contributed by atoms with Gasteiger partial charge in [-0.2, -0.15) is 0 Å². The van der Waals surface area contributed by atoms with Gasteiger partial charge >= 0.3 is 0 Å². The molecule has 0 amide bonds. The van der Waals surface area contributed by atoms with Gasteiger partial charge in [0.25, 0.3) is 0 Å². The van der Waals surface area contributed by atoms with E-state index >= 15 is 0 Å². The molecule has 0 saturated carbocycles. The van der Waals surface area contributed by atoms with Crippen molar-refractivity contribution in [3.05, 3.63) is 38.0 Å². The first-order chi connectivity index (χ1) is 6.18. The second kappa shape index (κ2) is 3.53. The van der Waals surface area contributed by atoms with Crippen LogP contribution in [0.5, 0.6) is 0 Å². The zero-order valence-electron chi connectivity index (χ0n) is 7.01. The van der Waals surface area contributed by atoms with Crippen molar-refractivity contribution in [1.82, 2.24) is 4.98 Å². The quantitative estimate of drug-likeness (QED) is 0.658. The van der Waals surface area contributed by atoms with Gasteiger partial charge in [-0.05, 0) is 69.7 Å². The molecule has 1 aromatic carbocycles. The van der Waals surface area contributed by atoms with Gasteiger partial charge in [0.2, 0.25) is 0 Å². The SMILES string of the molecule is Cc1ccc2c(I)c(Br)ccc2n1. The Bertz CT molecular complexity index is 468. The Balaban J connectivity index is 2.87. The molecular formula is C10H7BrIN. The number of aromatic nitrogens is 1. The molecule has 0 aliphatic heterocycles. The van der Waals surface area contributed by atoms with Crippen LogP contribution in [0.15, 0.2) is 28.7 Å². The zero-order valence-corrected chi connectivity index (χ0v) is 10.8. The summed E-state index contributed by atoms with van der Waals surface area (Å²) in [7, 11) is 0. The van der Waals surface area contributed by atoms with Crippen LogP contribution in [-0.2, 0) is 0 Å². The zero-order chi connectivity index (χ0) is 9.42. The Morgan fingerprint density at radius 3 is 2.77 bits per heavy atom. The highest BCUT2D eigenvalue weighted by Crippen LogP contribution is 2.26. The average Bonchev–Trinajstić information content (AvgIpc) is 2.12. The highest BCUT2D eigenvalue weighted by molar-refractivity contribution is 14.1. The van der Waals surface area contributed by atoms with E-state index < -0.39 is 0 Å². The fourth-order valence-corrected chi connectivity index (χ4v) is 2.23. The van der Waals surface area contributed by atoms with Crippen LogP contribution in [0.3, 0.4) is 0 Å². The van der Waals surface area contributed by atoms with E-state index in [-0.39, 0.29) is 0 Å². The normalized spacial score (nSPS) is 10.7. The summed E-state index contributed by atoms with van der Waals surface area (Å²) in [6.07, 6.45) is 0.